The van der Waals surface area contributed by atoms with E-state index in [1.807, 2.05) is 95.3 Å². The molecule has 2 aliphatic rings. The Morgan fingerprint density at radius 1 is 0.966 bits per heavy atom. The average Bonchev–Trinajstić information content (AvgIpc) is 3.44. The number of hydrogen-bond acceptors (Lipinski definition) is 3. The standard InChI is InChI=1S/C18H19N4O.C5H5.Fe/c1-18(2,19-17(23)15-10-6-7-11-15)16-13-22(21-20-16)12-14-8-4-3-5-9-14;1-2-4-5-3-1;/h3-11,13H,12H2,1-2H3,(H,19,23);1-5H;. The van der Waals surface area contributed by atoms with E-state index in [0.29, 0.717) is 12.5 Å². The van der Waals surface area contributed by atoms with Gasteiger partial charge in [-0.05, 0) is 77.2 Å². The Bertz CT molecular complexity index is 727. The van der Waals surface area contributed by atoms with Crippen LogP contribution in [0.3, 0.4) is 0 Å². The van der Waals surface area contributed by atoms with Crippen molar-refractivity contribution >= 4 is 5.91 Å². The maximum atomic E-state index is 12.2. The molecule has 29 heavy (non-hydrogen) atoms. The Balaban J connectivity index is 0.000000437. The summed E-state index contributed by atoms with van der Waals surface area (Å²) in [7, 11) is 0. The third-order valence-electron chi connectivity index (χ3n) is 4.27. The number of amides is 1. The van der Waals surface area contributed by atoms with Crippen molar-refractivity contribution in [2.24, 2.45) is 0 Å². The van der Waals surface area contributed by atoms with Crippen molar-refractivity contribution in [3.8, 4) is 0 Å². The van der Waals surface area contributed by atoms with Crippen LogP contribution in [0.5, 0.6) is 0 Å². The van der Waals surface area contributed by atoms with Gasteiger partial charge in [-0.25, -0.2) is 4.68 Å². The smallest absolute Gasteiger partial charge is 0.228 e. The molecule has 2 fully saturated rings. The van der Waals surface area contributed by atoms with Crippen LogP contribution in [0, 0.1) is 63.7 Å². The van der Waals surface area contributed by atoms with Crippen LogP contribution in [0.25, 0.3) is 0 Å². The molecular formula is C23H24FeN4O. The first-order valence-electron chi connectivity index (χ1n) is 9.20. The molecule has 1 aromatic heterocycles. The molecule has 5 nitrogen and oxygen atoms in total. The van der Waals surface area contributed by atoms with Crippen LogP contribution >= 0.6 is 0 Å². The minimum Gasteiger partial charge on any atom is -0.345 e. The molecule has 0 unspecified atom stereocenters. The summed E-state index contributed by atoms with van der Waals surface area (Å²) in [6, 6.07) is 10.1. The minimum atomic E-state index is -0.594. The second-order valence-electron chi connectivity index (χ2n) is 7.00. The second kappa shape index (κ2) is 11.5. The van der Waals surface area contributed by atoms with Gasteiger partial charge in [-0.15, -0.1) is 5.10 Å². The van der Waals surface area contributed by atoms with Crippen molar-refractivity contribution in [1.82, 2.24) is 20.3 Å². The Kier molecular flexibility index (Phi) is 9.38. The summed E-state index contributed by atoms with van der Waals surface area (Å²) in [5.74, 6) is 0.535. The van der Waals surface area contributed by atoms with Crippen molar-refractivity contribution in [3.05, 3.63) is 111 Å². The number of nitrogens with zero attached hydrogens (tertiary/aromatic N) is 3. The van der Waals surface area contributed by atoms with E-state index < -0.39 is 5.54 Å². The van der Waals surface area contributed by atoms with Crippen molar-refractivity contribution in [2.45, 2.75) is 25.9 Å². The third kappa shape index (κ3) is 7.27. The first-order chi connectivity index (χ1) is 13.5. The average molecular weight is 428 g/mol. The molecule has 0 atom stereocenters. The number of aromatic nitrogens is 3. The molecule has 0 bridgehead atoms. The molecule has 2 aromatic rings. The molecule has 10 radical (unpaired) electrons. The second-order valence-corrected chi connectivity index (χ2v) is 7.00. The molecule has 1 amide bonds. The molecule has 6 heteroatoms. The van der Waals surface area contributed by atoms with Crippen LogP contribution in [-0.4, -0.2) is 20.9 Å². The SMILES string of the molecule is CC(C)(NC(=O)[C]1[CH][CH][CH][CH]1)c1cn(Cc2ccccc2)nn1.[CH]1[CH][CH][CH][CH]1.[Fe]. The minimum absolute atomic E-state index is 0. The van der Waals surface area contributed by atoms with E-state index in [1.165, 1.54) is 0 Å². The number of rotatable bonds is 5. The normalized spacial score (nSPS) is 16.6. The summed E-state index contributed by atoms with van der Waals surface area (Å²) in [4.78, 5) is 12.2. The van der Waals surface area contributed by atoms with Crippen LogP contribution < -0.4 is 5.32 Å². The van der Waals surface area contributed by atoms with Gasteiger partial charge >= 0.3 is 0 Å². The first kappa shape index (κ1) is 23.6. The third-order valence-corrected chi connectivity index (χ3v) is 4.27. The van der Waals surface area contributed by atoms with Crippen LogP contribution in [0.15, 0.2) is 36.5 Å². The predicted octanol–water partition coefficient (Wildman–Crippen LogP) is 3.10. The van der Waals surface area contributed by atoms with Crippen molar-refractivity contribution in [3.63, 3.8) is 0 Å². The maximum absolute atomic E-state index is 12.2. The summed E-state index contributed by atoms with van der Waals surface area (Å²) in [5.41, 5.74) is 1.29. The largest absolute Gasteiger partial charge is 0.345 e. The van der Waals surface area contributed by atoms with Crippen molar-refractivity contribution in [2.75, 3.05) is 0 Å². The maximum Gasteiger partial charge on any atom is 0.228 e. The van der Waals surface area contributed by atoms with E-state index in [1.54, 1.807) is 17.5 Å². The number of hydrogen-bond donors (Lipinski definition) is 1. The van der Waals surface area contributed by atoms with Gasteiger partial charge in [0.15, 0.2) is 0 Å². The van der Waals surface area contributed by atoms with Gasteiger partial charge < -0.3 is 5.32 Å². The Morgan fingerprint density at radius 2 is 1.55 bits per heavy atom. The van der Waals surface area contributed by atoms with Gasteiger partial charge in [-0.3, -0.25) is 4.79 Å². The predicted molar refractivity (Wildman–Crippen MR) is 109 cm³/mol. The zero-order chi connectivity index (χ0) is 19.8. The van der Waals surface area contributed by atoms with Crippen molar-refractivity contribution < 1.29 is 21.9 Å². The number of carbonyl (C=O) groups is 1. The topological polar surface area (TPSA) is 59.8 Å². The fourth-order valence-electron chi connectivity index (χ4n) is 2.70. The van der Waals surface area contributed by atoms with E-state index in [2.05, 4.69) is 15.6 Å². The Hall–Kier alpha value is -1.65. The molecule has 2 aliphatic carbocycles. The Labute approximate surface area is 185 Å². The summed E-state index contributed by atoms with van der Waals surface area (Å²) < 4.78 is 1.78. The first-order valence-corrected chi connectivity index (χ1v) is 9.20. The summed E-state index contributed by atoms with van der Waals surface area (Å²) in [6.07, 6.45) is 19.1. The summed E-state index contributed by atoms with van der Waals surface area (Å²) >= 11 is 0. The zero-order valence-corrected chi connectivity index (χ0v) is 17.6. The molecule has 4 rings (SSSR count). The van der Waals surface area contributed by atoms with E-state index in [9.17, 15) is 4.79 Å². The van der Waals surface area contributed by atoms with Gasteiger partial charge in [0.25, 0.3) is 0 Å². The van der Waals surface area contributed by atoms with Crippen LogP contribution in [0.4, 0.5) is 0 Å². The van der Waals surface area contributed by atoms with Crippen molar-refractivity contribution in [1.29, 1.82) is 0 Å². The van der Waals surface area contributed by atoms with Gasteiger partial charge in [0, 0.05) is 17.1 Å². The van der Waals surface area contributed by atoms with Gasteiger partial charge in [-0.1, -0.05) is 35.5 Å². The monoisotopic (exact) mass is 428 g/mol. The fraction of sp³-hybridized carbons (Fsp3) is 0.174. The van der Waals surface area contributed by atoms with Gasteiger partial charge in [0.1, 0.15) is 5.69 Å². The number of nitrogens with one attached hydrogen (secondary N) is 1. The zero-order valence-electron chi connectivity index (χ0n) is 16.5. The molecular weight excluding hydrogens is 404 g/mol. The summed E-state index contributed by atoms with van der Waals surface area (Å²) in [5, 5.41) is 11.4. The van der Waals surface area contributed by atoms with E-state index in [0.717, 1.165) is 11.3 Å². The quantitative estimate of drug-likeness (QED) is 0.745. The van der Waals surface area contributed by atoms with E-state index >= 15 is 0 Å². The summed E-state index contributed by atoms with van der Waals surface area (Å²) in [6.45, 7) is 4.50. The number of carbonyl (C=O) groups excluding carboxylic acids is 1. The van der Waals surface area contributed by atoms with E-state index in [-0.39, 0.29) is 23.0 Å². The molecule has 1 heterocycles. The molecule has 150 valence electrons. The Morgan fingerprint density at radius 3 is 2.14 bits per heavy atom. The molecule has 1 aromatic carbocycles. The molecule has 0 aliphatic heterocycles. The van der Waals surface area contributed by atoms with Crippen LogP contribution in [0.2, 0.25) is 0 Å². The molecule has 1 N–H and O–H groups in total. The van der Waals surface area contributed by atoms with Gasteiger partial charge in [0.05, 0.1) is 24.2 Å². The molecule has 0 saturated heterocycles. The van der Waals surface area contributed by atoms with Gasteiger partial charge in [0.2, 0.25) is 5.91 Å². The van der Waals surface area contributed by atoms with Crippen LogP contribution in [-0.2, 0) is 33.9 Å². The van der Waals surface area contributed by atoms with Crippen LogP contribution in [0.1, 0.15) is 25.1 Å². The van der Waals surface area contributed by atoms with E-state index in [4.69, 9.17) is 0 Å². The van der Waals surface area contributed by atoms with Gasteiger partial charge in [-0.2, -0.15) is 0 Å². The molecule has 2 saturated carbocycles. The fourth-order valence-corrected chi connectivity index (χ4v) is 2.70. The number of benzene rings is 1. The molecule has 0 spiro atoms.